The van der Waals surface area contributed by atoms with Gasteiger partial charge in [-0.3, -0.25) is 4.90 Å². The number of benzene rings is 3. The van der Waals surface area contributed by atoms with Gasteiger partial charge in [0.1, 0.15) is 0 Å². The lowest BCUT2D eigenvalue weighted by Crippen LogP contribution is -2.43. The van der Waals surface area contributed by atoms with Gasteiger partial charge in [0.05, 0.1) is 14.2 Å². The van der Waals surface area contributed by atoms with Crippen LogP contribution in [-0.2, 0) is 13.0 Å². The van der Waals surface area contributed by atoms with E-state index in [9.17, 15) is 0 Å². The normalized spacial score (nSPS) is 20.6. The van der Waals surface area contributed by atoms with Crippen LogP contribution in [0.5, 0.6) is 23.0 Å². The molecule has 3 aromatic carbocycles. The quantitative estimate of drug-likeness (QED) is 0.595. The van der Waals surface area contributed by atoms with Gasteiger partial charge in [-0.15, -0.1) is 0 Å². The zero-order chi connectivity index (χ0) is 19.5. The number of rotatable bonds is 2. The third kappa shape index (κ3) is 2.50. The minimum absolute atomic E-state index is 0.289. The zero-order valence-electron chi connectivity index (χ0n) is 16.9. The second-order valence-corrected chi connectivity index (χ2v) is 8.29. The van der Waals surface area contributed by atoms with Crippen LogP contribution >= 0.6 is 0 Å². The molecule has 0 bridgehead atoms. The Morgan fingerprint density at radius 2 is 1.48 bits per heavy atom. The Balaban J connectivity index is 1.70. The van der Waals surface area contributed by atoms with Crippen molar-refractivity contribution in [3.63, 3.8) is 0 Å². The molecule has 0 saturated carbocycles. The van der Waals surface area contributed by atoms with Crippen molar-refractivity contribution in [3.8, 4) is 23.0 Å². The minimum atomic E-state index is 0.289. The number of piperidine rings is 1. The molecule has 3 aliphatic rings. The van der Waals surface area contributed by atoms with Crippen molar-refractivity contribution in [2.45, 2.75) is 38.3 Å². The first kappa shape index (κ1) is 17.2. The van der Waals surface area contributed by atoms with E-state index in [1.807, 2.05) is 0 Å². The fourth-order valence-electron chi connectivity index (χ4n) is 5.44. The Hall–Kier alpha value is -2.66. The number of nitrogens with zero attached hydrogens (tertiary/aromatic N) is 1. The van der Waals surface area contributed by atoms with Gasteiger partial charge >= 0.3 is 0 Å². The van der Waals surface area contributed by atoms with Crippen LogP contribution in [0.1, 0.15) is 30.4 Å². The highest BCUT2D eigenvalue weighted by Crippen LogP contribution is 2.46. The minimum Gasteiger partial charge on any atom is -0.493 e. The third-order valence-electron chi connectivity index (χ3n) is 6.89. The lowest BCUT2D eigenvalue weighted by molar-refractivity contribution is 0.128. The summed E-state index contributed by atoms with van der Waals surface area (Å²) in [6, 6.07) is 9.23. The van der Waals surface area contributed by atoms with Crippen LogP contribution in [-0.4, -0.2) is 38.5 Å². The fraction of sp³-hybridized carbons (Fsp3) is 0.417. The van der Waals surface area contributed by atoms with Gasteiger partial charge in [-0.05, 0) is 82.7 Å². The topological polar surface area (TPSA) is 40.2 Å². The molecule has 0 amide bonds. The van der Waals surface area contributed by atoms with Crippen molar-refractivity contribution in [1.82, 2.24) is 4.90 Å². The van der Waals surface area contributed by atoms with E-state index in [4.69, 9.17) is 18.9 Å². The van der Waals surface area contributed by atoms with Crippen molar-refractivity contribution in [2.75, 3.05) is 27.6 Å². The molecule has 150 valence electrons. The second-order valence-electron chi connectivity index (χ2n) is 8.29. The van der Waals surface area contributed by atoms with E-state index >= 15 is 0 Å². The second kappa shape index (κ2) is 6.42. The summed E-state index contributed by atoms with van der Waals surface area (Å²) in [6.07, 6.45) is 5.01. The molecule has 0 radical (unpaired) electrons. The maximum absolute atomic E-state index is 5.72. The summed E-state index contributed by atoms with van der Waals surface area (Å²) in [6.45, 7) is 2.48. The van der Waals surface area contributed by atoms with Gasteiger partial charge in [0.2, 0.25) is 6.79 Å². The number of hydrogen-bond acceptors (Lipinski definition) is 5. The first-order valence-corrected chi connectivity index (χ1v) is 10.4. The molecule has 3 aromatic rings. The molecule has 5 heteroatoms. The number of ether oxygens (including phenoxy) is 4. The molecule has 29 heavy (non-hydrogen) atoms. The summed E-state index contributed by atoms with van der Waals surface area (Å²) in [5, 5.41) is 4.93. The summed E-state index contributed by atoms with van der Waals surface area (Å²) in [7, 11) is 3.40. The molecule has 3 aliphatic heterocycles. The van der Waals surface area contributed by atoms with Crippen molar-refractivity contribution in [2.24, 2.45) is 0 Å². The molecule has 0 spiro atoms. The van der Waals surface area contributed by atoms with E-state index in [0.717, 1.165) is 36.0 Å². The summed E-state index contributed by atoms with van der Waals surface area (Å²) in [4.78, 5) is 2.67. The summed E-state index contributed by atoms with van der Waals surface area (Å²) >= 11 is 0. The average molecular weight is 391 g/mol. The third-order valence-corrected chi connectivity index (χ3v) is 6.89. The Labute approximate surface area is 170 Å². The van der Waals surface area contributed by atoms with E-state index in [1.165, 1.54) is 58.5 Å². The van der Waals surface area contributed by atoms with E-state index in [2.05, 4.69) is 29.2 Å². The highest BCUT2D eigenvalue weighted by molar-refractivity contribution is 6.13. The monoisotopic (exact) mass is 391 g/mol. The van der Waals surface area contributed by atoms with Crippen LogP contribution in [0.3, 0.4) is 0 Å². The fourth-order valence-corrected chi connectivity index (χ4v) is 5.44. The maximum atomic E-state index is 5.72. The molecule has 0 aliphatic carbocycles. The maximum Gasteiger partial charge on any atom is 0.231 e. The zero-order valence-corrected chi connectivity index (χ0v) is 16.9. The van der Waals surface area contributed by atoms with Crippen molar-refractivity contribution >= 4 is 21.5 Å². The van der Waals surface area contributed by atoms with Crippen LogP contribution in [0, 0.1) is 0 Å². The number of methoxy groups -OCH3 is 2. The molecule has 5 nitrogen and oxygen atoms in total. The van der Waals surface area contributed by atoms with Crippen LogP contribution in [0.4, 0.5) is 0 Å². The number of hydrogen-bond donors (Lipinski definition) is 0. The summed E-state index contributed by atoms with van der Waals surface area (Å²) < 4.78 is 22.7. The van der Waals surface area contributed by atoms with Gasteiger partial charge < -0.3 is 18.9 Å². The molecule has 1 unspecified atom stereocenters. The van der Waals surface area contributed by atoms with E-state index < -0.39 is 0 Å². The van der Waals surface area contributed by atoms with Crippen molar-refractivity contribution < 1.29 is 18.9 Å². The van der Waals surface area contributed by atoms with Gasteiger partial charge in [-0.2, -0.15) is 0 Å². The summed E-state index contributed by atoms with van der Waals surface area (Å²) in [5.41, 5.74) is 2.88. The molecule has 6 rings (SSSR count). The van der Waals surface area contributed by atoms with Crippen molar-refractivity contribution in [1.29, 1.82) is 0 Å². The highest BCUT2D eigenvalue weighted by Gasteiger charge is 2.32. The molecule has 0 N–H and O–H groups in total. The SMILES string of the molecule is COc1cc2c3c(c4cc5c(cc4c2cc1OC)OCO5)CN1CCCCC1C3. The lowest BCUT2D eigenvalue weighted by Gasteiger charge is -2.41. The first-order valence-electron chi connectivity index (χ1n) is 10.4. The van der Waals surface area contributed by atoms with Gasteiger partial charge in [-0.25, -0.2) is 0 Å². The van der Waals surface area contributed by atoms with Gasteiger partial charge in [0, 0.05) is 12.6 Å². The predicted molar refractivity (Wildman–Crippen MR) is 112 cm³/mol. The van der Waals surface area contributed by atoms with Crippen LogP contribution in [0.25, 0.3) is 21.5 Å². The van der Waals surface area contributed by atoms with Gasteiger partial charge in [0.15, 0.2) is 23.0 Å². The Morgan fingerprint density at radius 1 is 0.828 bits per heavy atom. The molecular weight excluding hydrogens is 366 g/mol. The number of fused-ring (bicyclic) bond motifs is 8. The predicted octanol–water partition coefficient (Wildman–Crippen LogP) is 4.65. The molecule has 1 fully saturated rings. The van der Waals surface area contributed by atoms with E-state index in [-0.39, 0.29) is 6.79 Å². The van der Waals surface area contributed by atoms with Crippen LogP contribution in [0.15, 0.2) is 24.3 Å². The van der Waals surface area contributed by atoms with Crippen LogP contribution in [0.2, 0.25) is 0 Å². The van der Waals surface area contributed by atoms with Gasteiger partial charge in [-0.1, -0.05) is 6.42 Å². The molecule has 3 heterocycles. The largest absolute Gasteiger partial charge is 0.493 e. The van der Waals surface area contributed by atoms with E-state index in [0.29, 0.717) is 6.04 Å². The molecule has 1 saturated heterocycles. The average Bonchev–Trinajstić information content (AvgIpc) is 3.23. The van der Waals surface area contributed by atoms with Gasteiger partial charge in [0.25, 0.3) is 0 Å². The Kier molecular flexibility index (Phi) is 3.81. The first-order chi connectivity index (χ1) is 14.3. The standard InChI is InChI=1S/C24H25NO4/c1-26-21-8-16-15-7-14-5-3-4-6-25(14)12-20(15)19-11-24-23(28-13-29-24)10-18(19)17(16)9-22(21)27-2/h8-11,14H,3-7,12-13H2,1-2H3. The molecular formula is C24H25NO4. The Morgan fingerprint density at radius 3 is 2.24 bits per heavy atom. The smallest absolute Gasteiger partial charge is 0.231 e. The molecule has 1 atom stereocenters. The van der Waals surface area contributed by atoms with E-state index in [1.54, 1.807) is 14.2 Å². The van der Waals surface area contributed by atoms with Crippen molar-refractivity contribution in [3.05, 3.63) is 35.4 Å². The Bertz CT molecular complexity index is 1140. The van der Waals surface area contributed by atoms with Crippen LogP contribution < -0.4 is 18.9 Å². The lowest BCUT2D eigenvalue weighted by atomic mass is 9.82. The summed E-state index contributed by atoms with van der Waals surface area (Å²) in [5.74, 6) is 3.21. The molecule has 0 aromatic heterocycles. The highest BCUT2D eigenvalue weighted by atomic mass is 16.7.